The van der Waals surface area contributed by atoms with Gasteiger partial charge in [0, 0.05) is 19.2 Å². The molecule has 0 unspecified atom stereocenters. The Balaban J connectivity index is 2.80. The highest BCUT2D eigenvalue weighted by Crippen LogP contribution is 1.89. The maximum absolute atomic E-state index is 11.2. The summed E-state index contributed by atoms with van der Waals surface area (Å²) in [6.07, 6.45) is 0. The van der Waals surface area contributed by atoms with Crippen molar-refractivity contribution in [2.75, 3.05) is 6.54 Å². The summed E-state index contributed by atoms with van der Waals surface area (Å²) < 4.78 is 1.46. The van der Waals surface area contributed by atoms with Gasteiger partial charge in [-0.1, -0.05) is 6.92 Å². The maximum atomic E-state index is 11.2. The van der Waals surface area contributed by atoms with Crippen LogP contribution >= 0.6 is 0 Å². The van der Waals surface area contributed by atoms with Crippen LogP contribution in [-0.4, -0.2) is 16.3 Å². The summed E-state index contributed by atoms with van der Waals surface area (Å²) in [5.41, 5.74) is 0.867. The van der Waals surface area contributed by atoms with Crippen LogP contribution in [-0.2, 0) is 13.1 Å². The van der Waals surface area contributed by atoms with Crippen LogP contribution in [0.4, 0.5) is 0 Å². The lowest BCUT2D eigenvalue weighted by atomic mass is 10.4. The number of nitrogens with zero attached hydrogens (tertiary/aromatic N) is 2. The van der Waals surface area contributed by atoms with Crippen LogP contribution in [0.25, 0.3) is 0 Å². The van der Waals surface area contributed by atoms with Gasteiger partial charge in [0.05, 0.1) is 5.69 Å². The second-order valence-corrected chi connectivity index (χ2v) is 2.76. The Morgan fingerprint density at radius 3 is 2.85 bits per heavy atom. The van der Waals surface area contributed by atoms with E-state index in [0.717, 1.165) is 18.8 Å². The summed E-state index contributed by atoms with van der Waals surface area (Å²) in [4.78, 5) is 11.2. The molecule has 0 bridgehead atoms. The first-order valence-electron chi connectivity index (χ1n) is 4.55. The molecule has 0 aromatic carbocycles. The molecule has 1 rings (SSSR count). The van der Waals surface area contributed by atoms with E-state index in [-0.39, 0.29) is 5.56 Å². The van der Waals surface area contributed by atoms with Crippen molar-refractivity contribution in [2.45, 2.75) is 26.9 Å². The van der Waals surface area contributed by atoms with Gasteiger partial charge < -0.3 is 5.32 Å². The molecule has 1 aromatic rings. The van der Waals surface area contributed by atoms with E-state index in [9.17, 15) is 4.79 Å². The minimum absolute atomic E-state index is 0.0391. The number of aryl methyl sites for hydroxylation is 1. The van der Waals surface area contributed by atoms with Gasteiger partial charge in [0.25, 0.3) is 5.56 Å². The van der Waals surface area contributed by atoms with Gasteiger partial charge >= 0.3 is 0 Å². The molecule has 0 aliphatic heterocycles. The van der Waals surface area contributed by atoms with E-state index in [1.54, 1.807) is 12.1 Å². The monoisotopic (exact) mass is 181 g/mol. The molecular formula is C9H15N3O. The molecule has 0 atom stereocenters. The minimum Gasteiger partial charge on any atom is -0.311 e. The molecular weight excluding hydrogens is 166 g/mol. The molecule has 0 radical (unpaired) electrons. The second-order valence-electron chi connectivity index (χ2n) is 2.76. The van der Waals surface area contributed by atoms with Crippen LogP contribution in [0, 0.1) is 0 Å². The molecule has 1 aromatic heterocycles. The van der Waals surface area contributed by atoms with Crippen molar-refractivity contribution in [3.05, 3.63) is 28.2 Å². The van der Waals surface area contributed by atoms with E-state index < -0.39 is 0 Å². The van der Waals surface area contributed by atoms with Gasteiger partial charge in [0.15, 0.2) is 0 Å². The lowest BCUT2D eigenvalue weighted by molar-refractivity contribution is 0.581. The van der Waals surface area contributed by atoms with E-state index in [1.807, 2.05) is 13.8 Å². The van der Waals surface area contributed by atoms with Gasteiger partial charge in [-0.3, -0.25) is 4.79 Å². The Morgan fingerprint density at radius 2 is 2.23 bits per heavy atom. The zero-order valence-corrected chi connectivity index (χ0v) is 8.08. The summed E-state index contributed by atoms with van der Waals surface area (Å²) in [7, 11) is 0. The third kappa shape index (κ3) is 2.66. The fourth-order valence-corrected chi connectivity index (χ4v) is 1.07. The summed E-state index contributed by atoms with van der Waals surface area (Å²) in [6, 6.07) is 3.32. The summed E-state index contributed by atoms with van der Waals surface area (Å²) in [5.74, 6) is 0. The molecule has 0 aliphatic rings. The quantitative estimate of drug-likeness (QED) is 0.730. The van der Waals surface area contributed by atoms with Crippen LogP contribution in [0.3, 0.4) is 0 Å². The van der Waals surface area contributed by atoms with Crippen LogP contribution in [0.2, 0.25) is 0 Å². The Labute approximate surface area is 77.6 Å². The van der Waals surface area contributed by atoms with Gasteiger partial charge in [-0.2, -0.15) is 5.10 Å². The maximum Gasteiger partial charge on any atom is 0.266 e. The van der Waals surface area contributed by atoms with Crippen molar-refractivity contribution in [2.24, 2.45) is 0 Å². The molecule has 4 heteroatoms. The van der Waals surface area contributed by atoms with Crippen LogP contribution < -0.4 is 10.9 Å². The lowest BCUT2D eigenvalue weighted by Crippen LogP contribution is -2.24. The molecule has 13 heavy (non-hydrogen) atoms. The first kappa shape index (κ1) is 9.92. The fraction of sp³-hybridized carbons (Fsp3) is 0.556. The van der Waals surface area contributed by atoms with E-state index >= 15 is 0 Å². The van der Waals surface area contributed by atoms with Crippen LogP contribution in [0.1, 0.15) is 19.5 Å². The Morgan fingerprint density at radius 1 is 1.46 bits per heavy atom. The van der Waals surface area contributed by atoms with Gasteiger partial charge in [0.1, 0.15) is 0 Å². The molecule has 0 amide bonds. The van der Waals surface area contributed by atoms with Crippen LogP contribution in [0.5, 0.6) is 0 Å². The van der Waals surface area contributed by atoms with Crippen molar-refractivity contribution in [1.82, 2.24) is 15.1 Å². The molecule has 0 saturated heterocycles. The van der Waals surface area contributed by atoms with Crippen molar-refractivity contribution in [1.29, 1.82) is 0 Å². The third-order valence-electron chi connectivity index (χ3n) is 1.78. The van der Waals surface area contributed by atoms with Gasteiger partial charge in [0.2, 0.25) is 0 Å². The molecule has 1 N–H and O–H groups in total. The molecule has 72 valence electrons. The van der Waals surface area contributed by atoms with Crippen molar-refractivity contribution in [3.8, 4) is 0 Å². The van der Waals surface area contributed by atoms with Crippen molar-refractivity contribution >= 4 is 0 Å². The van der Waals surface area contributed by atoms with E-state index in [1.165, 1.54) is 4.68 Å². The van der Waals surface area contributed by atoms with Crippen molar-refractivity contribution in [3.63, 3.8) is 0 Å². The predicted molar refractivity (Wildman–Crippen MR) is 51.6 cm³/mol. The lowest BCUT2D eigenvalue weighted by Gasteiger charge is -2.04. The first-order chi connectivity index (χ1) is 6.27. The molecule has 1 heterocycles. The Kier molecular flexibility index (Phi) is 3.64. The van der Waals surface area contributed by atoms with Gasteiger partial charge in [-0.25, -0.2) is 4.68 Å². The number of aromatic nitrogens is 2. The topological polar surface area (TPSA) is 46.9 Å². The molecule has 0 aliphatic carbocycles. The summed E-state index contributed by atoms with van der Waals surface area (Å²) in [5, 5.41) is 7.33. The average Bonchev–Trinajstić information content (AvgIpc) is 2.16. The normalized spacial score (nSPS) is 10.3. The Hall–Kier alpha value is -1.16. The SMILES string of the molecule is CCNCc1ccc(=O)n(CC)n1. The smallest absolute Gasteiger partial charge is 0.266 e. The zero-order valence-electron chi connectivity index (χ0n) is 8.08. The van der Waals surface area contributed by atoms with E-state index in [0.29, 0.717) is 6.54 Å². The highest BCUT2D eigenvalue weighted by molar-refractivity contribution is 4.99. The van der Waals surface area contributed by atoms with Crippen LogP contribution in [0.15, 0.2) is 16.9 Å². The number of rotatable bonds is 4. The van der Waals surface area contributed by atoms with Gasteiger partial charge in [-0.05, 0) is 19.5 Å². The molecule has 0 fully saturated rings. The average molecular weight is 181 g/mol. The highest BCUT2D eigenvalue weighted by Gasteiger charge is 1.97. The standard InChI is InChI=1S/C9H15N3O/c1-3-10-7-8-5-6-9(13)12(4-2)11-8/h5-6,10H,3-4,7H2,1-2H3. The summed E-state index contributed by atoms with van der Waals surface area (Å²) >= 11 is 0. The molecule has 0 spiro atoms. The predicted octanol–water partition coefficient (Wildman–Crippen LogP) is 0.373. The third-order valence-corrected chi connectivity index (χ3v) is 1.78. The highest BCUT2D eigenvalue weighted by atomic mass is 16.1. The number of hydrogen-bond donors (Lipinski definition) is 1. The largest absolute Gasteiger partial charge is 0.311 e. The summed E-state index contributed by atoms with van der Waals surface area (Å²) in [6.45, 7) is 6.20. The molecule has 4 nitrogen and oxygen atoms in total. The Bertz CT molecular complexity index is 319. The first-order valence-corrected chi connectivity index (χ1v) is 4.55. The van der Waals surface area contributed by atoms with E-state index in [4.69, 9.17) is 0 Å². The second kappa shape index (κ2) is 4.77. The number of hydrogen-bond acceptors (Lipinski definition) is 3. The number of nitrogens with one attached hydrogen (secondary N) is 1. The fourth-order valence-electron chi connectivity index (χ4n) is 1.07. The van der Waals surface area contributed by atoms with Crippen molar-refractivity contribution < 1.29 is 0 Å². The van der Waals surface area contributed by atoms with E-state index in [2.05, 4.69) is 10.4 Å². The minimum atomic E-state index is -0.0391. The molecule has 0 saturated carbocycles. The van der Waals surface area contributed by atoms with Gasteiger partial charge in [-0.15, -0.1) is 0 Å². The zero-order chi connectivity index (χ0) is 9.68.